The number of hydrogen-bond acceptors (Lipinski definition) is 2. The highest BCUT2D eigenvalue weighted by molar-refractivity contribution is 9.10. The fraction of sp³-hybridized carbons (Fsp3) is 0.600. The van der Waals surface area contributed by atoms with E-state index in [2.05, 4.69) is 40.3 Å². The van der Waals surface area contributed by atoms with Crippen LogP contribution in [0.4, 0.5) is 0 Å². The van der Waals surface area contributed by atoms with Gasteiger partial charge in [0.2, 0.25) is 0 Å². The first-order valence-electron chi connectivity index (χ1n) is 7.00. The van der Waals surface area contributed by atoms with E-state index in [1.807, 2.05) is 6.07 Å². The summed E-state index contributed by atoms with van der Waals surface area (Å²) in [4.78, 5) is 0. The molecule has 2 unspecified atom stereocenters. The molecule has 2 rings (SSSR count). The van der Waals surface area contributed by atoms with Crippen LogP contribution in [0, 0.1) is 0 Å². The van der Waals surface area contributed by atoms with Crippen molar-refractivity contribution in [3.05, 3.63) is 33.3 Å². The maximum Gasteiger partial charge on any atom is 0.0576 e. The van der Waals surface area contributed by atoms with Crippen LogP contribution in [0.1, 0.15) is 44.2 Å². The second-order valence-corrected chi connectivity index (χ2v) is 6.26. The van der Waals surface area contributed by atoms with Crippen molar-refractivity contribution < 1.29 is 4.74 Å². The van der Waals surface area contributed by atoms with Gasteiger partial charge in [-0.2, -0.15) is 0 Å². The smallest absolute Gasteiger partial charge is 0.0576 e. The lowest BCUT2D eigenvalue weighted by molar-refractivity contribution is 0.0996. The Morgan fingerprint density at radius 3 is 3.00 bits per heavy atom. The average molecular weight is 347 g/mol. The zero-order valence-electron chi connectivity index (χ0n) is 11.3. The minimum Gasteiger partial charge on any atom is -0.378 e. The largest absolute Gasteiger partial charge is 0.378 e. The van der Waals surface area contributed by atoms with E-state index >= 15 is 0 Å². The summed E-state index contributed by atoms with van der Waals surface area (Å²) in [6, 6.07) is 6.57. The van der Waals surface area contributed by atoms with E-state index in [1.165, 1.54) is 18.4 Å². The Morgan fingerprint density at radius 2 is 2.37 bits per heavy atom. The standard InChI is InChI=1S/C15H21BrClNO/c1-2-18-15(8-6-12-4-3-9-19-12)11-5-7-13(16)14(17)10-11/h5,7,10,12,15,18H,2-4,6,8-9H2,1H3. The first-order chi connectivity index (χ1) is 9.20. The number of rotatable bonds is 6. The van der Waals surface area contributed by atoms with Gasteiger partial charge >= 0.3 is 0 Å². The summed E-state index contributed by atoms with van der Waals surface area (Å²) in [6.45, 7) is 4.03. The Morgan fingerprint density at radius 1 is 1.53 bits per heavy atom. The zero-order chi connectivity index (χ0) is 13.7. The Labute approximate surface area is 129 Å². The molecule has 1 heterocycles. The number of benzene rings is 1. The van der Waals surface area contributed by atoms with Crippen LogP contribution in [0.25, 0.3) is 0 Å². The molecule has 0 spiro atoms. The topological polar surface area (TPSA) is 21.3 Å². The first kappa shape index (κ1) is 15.3. The molecule has 19 heavy (non-hydrogen) atoms. The Bertz CT molecular complexity index is 407. The molecule has 106 valence electrons. The molecule has 0 aliphatic carbocycles. The van der Waals surface area contributed by atoms with Gasteiger partial charge in [0.05, 0.1) is 11.1 Å². The van der Waals surface area contributed by atoms with Crippen molar-refractivity contribution in [2.45, 2.75) is 44.8 Å². The lowest BCUT2D eigenvalue weighted by Crippen LogP contribution is -2.22. The second-order valence-electron chi connectivity index (χ2n) is 5.00. The zero-order valence-corrected chi connectivity index (χ0v) is 13.6. The van der Waals surface area contributed by atoms with Crippen molar-refractivity contribution in [3.8, 4) is 0 Å². The molecule has 0 radical (unpaired) electrons. The fourth-order valence-electron chi connectivity index (χ4n) is 2.59. The van der Waals surface area contributed by atoms with Crippen LogP contribution >= 0.6 is 27.5 Å². The molecule has 1 aromatic rings. The first-order valence-corrected chi connectivity index (χ1v) is 8.17. The quantitative estimate of drug-likeness (QED) is 0.805. The van der Waals surface area contributed by atoms with Gasteiger partial charge < -0.3 is 10.1 Å². The van der Waals surface area contributed by atoms with E-state index in [1.54, 1.807) is 0 Å². The predicted molar refractivity (Wildman–Crippen MR) is 83.8 cm³/mol. The molecule has 0 amide bonds. The van der Waals surface area contributed by atoms with Gasteiger partial charge in [-0.25, -0.2) is 0 Å². The highest BCUT2D eigenvalue weighted by atomic mass is 79.9. The molecule has 1 aromatic carbocycles. The van der Waals surface area contributed by atoms with Gasteiger partial charge in [-0.15, -0.1) is 0 Å². The Kier molecular flexibility index (Phi) is 6.14. The van der Waals surface area contributed by atoms with E-state index in [0.29, 0.717) is 12.1 Å². The third-order valence-electron chi connectivity index (χ3n) is 3.60. The van der Waals surface area contributed by atoms with Gasteiger partial charge in [0, 0.05) is 17.1 Å². The number of hydrogen-bond donors (Lipinski definition) is 1. The Balaban J connectivity index is 1.99. The molecule has 2 nitrogen and oxygen atoms in total. The van der Waals surface area contributed by atoms with Crippen LogP contribution in [0.2, 0.25) is 5.02 Å². The lowest BCUT2D eigenvalue weighted by atomic mass is 9.99. The molecule has 1 aliphatic rings. The van der Waals surface area contributed by atoms with Crippen LogP contribution in [-0.2, 0) is 4.74 Å². The maximum atomic E-state index is 6.19. The third-order valence-corrected chi connectivity index (χ3v) is 4.83. The van der Waals surface area contributed by atoms with Crippen LogP contribution in [0.3, 0.4) is 0 Å². The molecule has 1 N–H and O–H groups in total. The highest BCUT2D eigenvalue weighted by Crippen LogP contribution is 2.29. The minimum atomic E-state index is 0.361. The van der Waals surface area contributed by atoms with Crippen LogP contribution in [0.5, 0.6) is 0 Å². The molecule has 2 atom stereocenters. The van der Waals surface area contributed by atoms with E-state index in [0.717, 1.165) is 35.5 Å². The molecule has 1 saturated heterocycles. The average Bonchev–Trinajstić information content (AvgIpc) is 2.91. The molecule has 0 aromatic heterocycles. The second kappa shape index (κ2) is 7.63. The van der Waals surface area contributed by atoms with E-state index in [-0.39, 0.29) is 0 Å². The summed E-state index contributed by atoms with van der Waals surface area (Å²) < 4.78 is 6.65. The summed E-state index contributed by atoms with van der Waals surface area (Å²) >= 11 is 9.62. The number of nitrogens with one attached hydrogen (secondary N) is 1. The maximum absolute atomic E-state index is 6.19. The molecule has 1 aliphatic heterocycles. The van der Waals surface area contributed by atoms with E-state index in [9.17, 15) is 0 Å². The fourth-order valence-corrected chi connectivity index (χ4v) is 3.02. The van der Waals surface area contributed by atoms with Gasteiger partial charge in [-0.3, -0.25) is 0 Å². The van der Waals surface area contributed by atoms with Gasteiger partial charge in [-0.05, 0) is 65.9 Å². The van der Waals surface area contributed by atoms with Crippen molar-refractivity contribution in [2.24, 2.45) is 0 Å². The normalized spacial score (nSPS) is 20.7. The highest BCUT2D eigenvalue weighted by Gasteiger charge is 2.18. The molecular weight excluding hydrogens is 326 g/mol. The number of halogens is 2. The number of ether oxygens (including phenoxy) is 1. The van der Waals surface area contributed by atoms with Crippen molar-refractivity contribution in [1.82, 2.24) is 5.32 Å². The summed E-state index contributed by atoms with van der Waals surface area (Å²) in [5, 5.41) is 4.32. The van der Waals surface area contributed by atoms with Crippen molar-refractivity contribution >= 4 is 27.5 Å². The van der Waals surface area contributed by atoms with Crippen LogP contribution in [-0.4, -0.2) is 19.3 Å². The molecular formula is C15H21BrClNO. The minimum absolute atomic E-state index is 0.361. The Hall–Kier alpha value is -0.0900. The SMILES string of the molecule is CCNC(CCC1CCCO1)c1ccc(Br)c(Cl)c1. The lowest BCUT2D eigenvalue weighted by Gasteiger charge is -2.20. The summed E-state index contributed by atoms with van der Waals surface area (Å²) in [5.41, 5.74) is 1.26. The molecule has 4 heteroatoms. The van der Waals surface area contributed by atoms with Gasteiger partial charge in [0.1, 0.15) is 0 Å². The third kappa shape index (κ3) is 4.45. The van der Waals surface area contributed by atoms with E-state index < -0.39 is 0 Å². The van der Waals surface area contributed by atoms with Crippen molar-refractivity contribution in [2.75, 3.05) is 13.2 Å². The van der Waals surface area contributed by atoms with Gasteiger partial charge in [-0.1, -0.05) is 24.6 Å². The molecule has 1 fully saturated rings. The summed E-state index contributed by atoms with van der Waals surface area (Å²) in [7, 11) is 0. The van der Waals surface area contributed by atoms with E-state index in [4.69, 9.17) is 16.3 Å². The van der Waals surface area contributed by atoms with Gasteiger partial charge in [0.25, 0.3) is 0 Å². The molecule has 0 bridgehead atoms. The monoisotopic (exact) mass is 345 g/mol. The van der Waals surface area contributed by atoms with Crippen molar-refractivity contribution in [1.29, 1.82) is 0 Å². The molecule has 0 saturated carbocycles. The van der Waals surface area contributed by atoms with Crippen LogP contribution < -0.4 is 5.32 Å². The summed E-state index contributed by atoms with van der Waals surface area (Å²) in [6.07, 6.45) is 5.08. The van der Waals surface area contributed by atoms with Crippen LogP contribution in [0.15, 0.2) is 22.7 Å². The van der Waals surface area contributed by atoms with Crippen molar-refractivity contribution in [3.63, 3.8) is 0 Å². The van der Waals surface area contributed by atoms with Gasteiger partial charge in [0.15, 0.2) is 0 Å². The summed E-state index contributed by atoms with van der Waals surface area (Å²) in [5.74, 6) is 0. The predicted octanol–water partition coefficient (Wildman–Crippen LogP) is 4.71.